The van der Waals surface area contributed by atoms with Gasteiger partial charge in [0.15, 0.2) is 0 Å². The van der Waals surface area contributed by atoms with Gasteiger partial charge in [0, 0.05) is 27.4 Å². The molecule has 0 aliphatic carbocycles. The second kappa shape index (κ2) is 10.3. The molecule has 3 amide bonds. The molecular weight excluding hydrogens is 414 g/mol. The zero-order chi connectivity index (χ0) is 22.2. The highest BCUT2D eigenvalue weighted by atomic mass is 32.2. The van der Waals surface area contributed by atoms with Crippen LogP contribution in [-0.2, 0) is 4.79 Å². The third kappa shape index (κ3) is 6.35. The van der Waals surface area contributed by atoms with Crippen LogP contribution in [0.5, 0.6) is 5.75 Å². The summed E-state index contributed by atoms with van der Waals surface area (Å²) >= 11 is 1.37. The number of thioether (sulfide) groups is 1. The van der Waals surface area contributed by atoms with Gasteiger partial charge in [-0.25, -0.2) is 0 Å². The Kier molecular flexibility index (Phi) is 7.29. The summed E-state index contributed by atoms with van der Waals surface area (Å²) in [4.78, 5) is 36.5. The Hall–Kier alpha value is -3.78. The first kappa shape index (κ1) is 21.9. The van der Waals surface area contributed by atoms with E-state index >= 15 is 0 Å². The largest absolute Gasteiger partial charge is 0.497 e. The number of nitrogens with two attached hydrogens (primary N) is 1. The van der Waals surface area contributed by atoms with Gasteiger partial charge in [-0.3, -0.25) is 14.4 Å². The van der Waals surface area contributed by atoms with Gasteiger partial charge in [-0.1, -0.05) is 6.07 Å². The SMILES string of the molecule is COc1cccc(C(=O)Nc2ccc(SCC(=O)Nc3ccc(C(N)=O)cc3)cc2)c1. The minimum atomic E-state index is -0.517. The fourth-order valence-electron chi connectivity index (χ4n) is 2.67. The van der Waals surface area contributed by atoms with Gasteiger partial charge in [0.2, 0.25) is 11.8 Å². The van der Waals surface area contributed by atoms with Crippen LogP contribution in [0.15, 0.2) is 77.7 Å². The molecule has 4 N–H and O–H groups in total. The van der Waals surface area contributed by atoms with Crippen LogP contribution in [0, 0.1) is 0 Å². The molecule has 0 aromatic heterocycles. The van der Waals surface area contributed by atoms with E-state index in [4.69, 9.17) is 10.5 Å². The number of hydrogen-bond acceptors (Lipinski definition) is 5. The zero-order valence-corrected chi connectivity index (χ0v) is 17.6. The molecule has 0 spiro atoms. The van der Waals surface area contributed by atoms with Crippen molar-refractivity contribution in [3.63, 3.8) is 0 Å². The van der Waals surface area contributed by atoms with Gasteiger partial charge in [-0.2, -0.15) is 0 Å². The Balaban J connectivity index is 1.50. The minimum Gasteiger partial charge on any atom is -0.497 e. The van der Waals surface area contributed by atoms with Crippen molar-refractivity contribution in [2.24, 2.45) is 5.73 Å². The van der Waals surface area contributed by atoms with E-state index < -0.39 is 5.91 Å². The second-order valence-electron chi connectivity index (χ2n) is 6.49. The van der Waals surface area contributed by atoms with Gasteiger partial charge in [-0.15, -0.1) is 11.8 Å². The molecule has 0 atom stereocenters. The number of hydrogen-bond donors (Lipinski definition) is 3. The number of carbonyl (C=O) groups excluding carboxylic acids is 3. The van der Waals surface area contributed by atoms with Crippen LogP contribution < -0.4 is 21.1 Å². The number of ether oxygens (including phenoxy) is 1. The molecule has 31 heavy (non-hydrogen) atoms. The number of methoxy groups -OCH3 is 1. The van der Waals surface area contributed by atoms with E-state index in [1.165, 1.54) is 11.8 Å². The maximum absolute atomic E-state index is 12.4. The van der Waals surface area contributed by atoms with Gasteiger partial charge in [0.05, 0.1) is 12.9 Å². The molecule has 0 bridgehead atoms. The van der Waals surface area contributed by atoms with E-state index in [0.717, 1.165) is 4.90 Å². The van der Waals surface area contributed by atoms with E-state index in [1.807, 2.05) is 12.1 Å². The van der Waals surface area contributed by atoms with Crippen molar-refractivity contribution in [3.8, 4) is 5.75 Å². The van der Waals surface area contributed by atoms with Crippen LogP contribution in [0.1, 0.15) is 20.7 Å². The number of rotatable bonds is 8. The van der Waals surface area contributed by atoms with Gasteiger partial charge >= 0.3 is 0 Å². The first-order valence-corrected chi connectivity index (χ1v) is 10.3. The van der Waals surface area contributed by atoms with E-state index in [0.29, 0.717) is 28.3 Å². The molecule has 0 aliphatic heterocycles. The molecule has 3 rings (SSSR count). The third-order valence-electron chi connectivity index (χ3n) is 4.27. The lowest BCUT2D eigenvalue weighted by Crippen LogP contribution is -2.15. The fraction of sp³-hybridized carbons (Fsp3) is 0.0870. The molecule has 7 nitrogen and oxygen atoms in total. The molecule has 158 valence electrons. The molecule has 0 aliphatic rings. The zero-order valence-electron chi connectivity index (χ0n) is 16.8. The monoisotopic (exact) mass is 435 g/mol. The first-order valence-electron chi connectivity index (χ1n) is 9.32. The van der Waals surface area contributed by atoms with Crippen molar-refractivity contribution in [1.29, 1.82) is 0 Å². The Morgan fingerprint density at radius 2 is 1.52 bits per heavy atom. The Morgan fingerprint density at radius 3 is 2.16 bits per heavy atom. The number of amides is 3. The maximum Gasteiger partial charge on any atom is 0.255 e. The topological polar surface area (TPSA) is 111 Å². The summed E-state index contributed by atoms with van der Waals surface area (Å²) in [5.74, 6) is -0.0982. The quantitative estimate of drug-likeness (QED) is 0.467. The summed E-state index contributed by atoms with van der Waals surface area (Å²) in [6.45, 7) is 0. The summed E-state index contributed by atoms with van der Waals surface area (Å²) < 4.78 is 5.14. The molecule has 0 fully saturated rings. The van der Waals surface area contributed by atoms with Crippen molar-refractivity contribution in [3.05, 3.63) is 83.9 Å². The summed E-state index contributed by atoms with van der Waals surface area (Å²) in [7, 11) is 1.55. The van der Waals surface area contributed by atoms with Gasteiger partial charge in [-0.05, 0) is 66.7 Å². The third-order valence-corrected chi connectivity index (χ3v) is 5.28. The molecule has 8 heteroatoms. The predicted molar refractivity (Wildman–Crippen MR) is 122 cm³/mol. The average molecular weight is 436 g/mol. The van der Waals surface area contributed by atoms with Crippen molar-refractivity contribution < 1.29 is 19.1 Å². The average Bonchev–Trinajstić information content (AvgIpc) is 2.79. The number of primary amides is 1. The molecule has 0 heterocycles. The molecule has 3 aromatic carbocycles. The van der Waals surface area contributed by atoms with Crippen molar-refractivity contribution in [2.45, 2.75) is 4.90 Å². The molecule has 0 saturated carbocycles. The lowest BCUT2D eigenvalue weighted by atomic mass is 10.2. The van der Waals surface area contributed by atoms with Crippen LogP contribution in [-0.4, -0.2) is 30.6 Å². The van der Waals surface area contributed by atoms with Crippen molar-refractivity contribution in [2.75, 3.05) is 23.5 Å². The van der Waals surface area contributed by atoms with E-state index in [9.17, 15) is 14.4 Å². The normalized spacial score (nSPS) is 10.2. The molecule has 0 radical (unpaired) electrons. The summed E-state index contributed by atoms with van der Waals surface area (Å²) in [6, 6.07) is 20.5. The van der Waals surface area contributed by atoms with Crippen LogP contribution in [0.2, 0.25) is 0 Å². The number of carbonyl (C=O) groups is 3. The number of nitrogens with one attached hydrogen (secondary N) is 2. The predicted octanol–water partition coefficient (Wildman–Crippen LogP) is 3.78. The fourth-order valence-corrected chi connectivity index (χ4v) is 3.36. The maximum atomic E-state index is 12.4. The van der Waals surface area contributed by atoms with Gasteiger partial charge < -0.3 is 21.1 Å². The summed E-state index contributed by atoms with van der Waals surface area (Å²) in [5.41, 5.74) is 7.32. The standard InChI is InChI=1S/C23H21N3O4S/c1-30-19-4-2-3-16(13-19)23(29)26-18-9-11-20(12-10-18)31-14-21(27)25-17-7-5-15(6-8-17)22(24)28/h2-13H,14H2,1H3,(H2,24,28)(H,25,27)(H,26,29). The molecule has 0 saturated heterocycles. The summed E-state index contributed by atoms with van der Waals surface area (Å²) in [6.07, 6.45) is 0. The Morgan fingerprint density at radius 1 is 0.871 bits per heavy atom. The van der Waals surface area contributed by atoms with Crippen molar-refractivity contribution >= 4 is 40.9 Å². The molecule has 0 unspecified atom stereocenters. The smallest absolute Gasteiger partial charge is 0.255 e. The highest BCUT2D eigenvalue weighted by Gasteiger charge is 2.08. The van der Waals surface area contributed by atoms with Gasteiger partial charge in [0.25, 0.3) is 5.91 Å². The number of anilines is 2. The van der Waals surface area contributed by atoms with E-state index in [2.05, 4.69) is 10.6 Å². The Bertz CT molecular complexity index is 1080. The Labute approximate surface area is 184 Å². The highest BCUT2D eigenvalue weighted by Crippen LogP contribution is 2.22. The van der Waals surface area contributed by atoms with E-state index in [-0.39, 0.29) is 17.6 Å². The van der Waals surface area contributed by atoms with Crippen LogP contribution in [0.25, 0.3) is 0 Å². The van der Waals surface area contributed by atoms with Crippen LogP contribution >= 0.6 is 11.8 Å². The number of benzene rings is 3. The minimum absolute atomic E-state index is 0.174. The molecular formula is C23H21N3O4S. The second-order valence-corrected chi connectivity index (χ2v) is 7.54. The van der Waals surface area contributed by atoms with E-state index in [1.54, 1.807) is 67.8 Å². The lowest BCUT2D eigenvalue weighted by molar-refractivity contribution is -0.113. The summed E-state index contributed by atoms with van der Waals surface area (Å²) in [5, 5.41) is 5.59. The van der Waals surface area contributed by atoms with Crippen molar-refractivity contribution in [1.82, 2.24) is 0 Å². The lowest BCUT2D eigenvalue weighted by Gasteiger charge is -2.08. The van der Waals surface area contributed by atoms with Gasteiger partial charge in [0.1, 0.15) is 5.75 Å². The van der Waals surface area contributed by atoms with Crippen LogP contribution in [0.3, 0.4) is 0 Å². The highest BCUT2D eigenvalue weighted by molar-refractivity contribution is 8.00. The first-order chi connectivity index (χ1) is 14.9. The van der Waals surface area contributed by atoms with Crippen LogP contribution in [0.4, 0.5) is 11.4 Å². The molecule has 3 aromatic rings.